The minimum Gasteiger partial charge on any atom is -0.430 e. The summed E-state index contributed by atoms with van der Waals surface area (Å²) in [4.78, 5) is 14.2. The second kappa shape index (κ2) is 5.83. The molecule has 0 saturated carbocycles. The van der Waals surface area contributed by atoms with E-state index in [4.69, 9.17) is 4.74 Å². The molecule has 0 radical (unpaired) electrons. The third-order valence-electron chi connectivity index (χ3n) is 2.39. The fourth-order valence-electron chi connectivity index (χ4n) is 1.45. The fraction of sp³-hybridized carbons (Fsp3) is 0.0833. The second-order valence-corrected chi connectivity index (χ2v) is 4.62. The maximum absolute atomic E-state index is 13.7. The molecule has 0 atom stereocenters. The highest BCUT2D eigenvalue weighted by molar-refractivity contribution is 9.10. The lowest BCUT2D eigenvalue weighted by molar-refractivity contribution is -0.386. The zero-order chi connectivity index (χ0) is 14.7. The van der Waals surface area contributed by atoms with Crippen molar-refractivity contribution in [3.8, 4) is 11.6 Å². The smallest absolute Gasteiger partial charge is 0.331 e. The van der Waals surface area contributed by atoms with Crippen molar-refractivity contribution in [2.24, 2.45) is 0 Å². The van der Waals surface area contributed by atoms with Crippen LogP contribution in [0.15, 0.2) is 34.8 Å². The molecule has 0 fully saturated rings. The lowest BCUT2D eigenvalue weighted by Crippen LogP contribution is -2.00. The van der Waals surface area contributed by atoms with Gasteiger partial charge >= 0.3 is 11.6 Å². The van der Waals surface area contributed by atoms with Crippen molar-refractivity contribution in [3.05, 3.63) is 50.7 Å². The zero-order valence-electron chi connectivity index (χ0n) is 10.3. The third kappa shape index (κ3) is 3.02. The molecule has 0 aliphatic heterocycles. The van der Waals surface area contributed by atoms with Crippen LogP contribution in [0.4, 0.5) is 15.9 Å². The Morgan fingerprint density at radius 2 is 2.15 bits per heavy atom. The van der Waals surface area contributed by atoms with Crippen molar-refractivity contribution in [2.45, 2.75) is 0 Å². The van der Waals surface area contributed by atoms with Gasteiger partial charge in [0.15, 0.2) is 11.6 Å². The van der Waals surface area contributed by atoms with Gasteiger partial charge in [0.25, 0.3) is 0 Å². The molecular weight excluding hydrogens is 333 g/mol. The second-order valence-electron chi connectivity index (χ2n) is 3.70. The van der Waals surface area contributed by atoms with Crippen molar-refractivity contribution in [1.29, 1.82) is 0 Å². The molecule has 0 aliphatic carbocycles. The molecule has 1 heterocycles. The number of pyridine rings is 1. The van der Waals surface area contributed by atoms with Crippen molar-refractivity contribution < 1.29 is 14.1 Å². The summed E-state index contributed by atoms with van der Waals surface area (Å²) in [7, 11) is 1.61. The minimum atomic E-state index is -0.648. The standard InChI is InChI=1S/C12H9BrFN3O3/c1-15-11-5-3-9(17(18)19)12(16-11)20-10-4-2-7(13)6-8(10)14/h2-6H,1H3,(H,15,16). The number of benzene rings is 1. The number of anilines is 1. The Kier molecular flexibility index (Phi) is 4.14. The number of ether oxygens (including phenoxy) is 1. The zero-order valence-corrected chi connectivity index (χ0v) is 11.8. The largest absolute Gasteiger partial charge is 0.430 e. The van der Waals surface area contributed by atoms with Crippen LogP contribution in [0.1, 0.15) is 0 Å². The Bertz CT molecular complexity index is 666. The quantitative estimate of drug-likeness (QED) is 0.677. The van der Waals surface area contributed by atoms with Gasteiger partial charge < -0.3 is 10.1 Å². The van der Waals surface area contributed by atoms with Crippen LogP contribution >= 0.6 is 15.9 Å². The van der Waals surface area contributed by atoms with Gasteiger partial charge in [0, 0.05) is 17.6 Å². The van der Waals surface area contributed by atoms with Gasteiger partial charge in [-0.25, -0.2) is 4.39 Å². The molecule has 6 nitrogen and oxygen atoms in total. The summed E-state index contributed by atoms with van der Waals surface area (Å²) in [5, 5.41) is 13.6. The summed E-state index contributed by atoms with van der Waals surface area (Å²) >= 11 is 3.11. The highest BCUT2D eigenvalue weighted by Gasteiger charge is 2.19. The van der Waals surface area contributed by atoms with Crippen molar-refractivity contribution in [2.75, 3.05) is 12.4 Å². The van der Waals surface area contributed by atoms with E-state index in [-0.39, 0.29) is 17.3 Å². The van der Waals surface area contributed by atoms with E-state index >= 15 is 0 Å². The number of nitro groups is 1. The maximum atomic E-state index is 13.7. The van der Waals surface area contributed by atoms with Gasteiger partial charge in [-0.2, -0.15) is 4.98 Å². The Hall–Kier alpha value is -2.22. The lowest BCUT2D eigenvalue weighted by atomic mass is 10.3. The van der Waals surface area contributed by atoms with Gasteiger partial charge in [0.2, 0.25) is 0 Å². The van der Waals surface area contributed by atoms with E-state index in [1.807, 2.05) is 0 Å². The monoisotopic (exact) mass is 341 g/mol. The Balaban J connectivity index is 2.43. The molecule has 0 spiro atoms. The third-order valence-corrected chi connectivity index (χ3v) is 2.89. The van der Waals surface area contributed by atoms with Crippen LogP contribution in [0, 0.1) is 15.9 Å². The van der Waals surface area contributed by atoms with Gasteiger partial charge in [-0.1, -0.05) is 15.9 Å². The molecule has 0 amide bonds. The molecule has 104 valence electrons. The summed E-state index contributed by atoms with van der Waals surface area (Å²) in [6, 6.07) is 6.79. The van der Waals surface area contributed by atoms with E-state index in [9.17, 15) is 14.5 Å². The lowest BCUT2D eigenvalue weighted by Gasteiger charge is -2.08. The first-order valence-electron chi connectivity index (χ1n) is 5.47. The normalized spacial score (nSPS) is 10.2. The van der Waals surface area contributed by atoms with Gasteiger partial charge in [0.05, 0.1) is 4.92 Å². The molecule has 20 heavy (non-hydrogen) atoms. The molecule has 2 rings (SSSR count). The average Bonchev–Trinajstić information content (AvgIpc) is 2.41. The van der Waals surface area contributed by atoms with Crippen LogP contribution in [0.3, 0.4) is 0 Å². The van der Waals surface area contributed by atoms with Gasteiger partial charge in [-0.15, -0.1) is 0 Å². The maximum Gasteiger partial charge on any atom is 0.331 e. The molecule has 1 N–H and O–H groups in total. The highest BCUT2D eigenvalue weighted by atomic mass is 79.9. The van der Waals surface area contributed by atoms with E-state index in [1.165, 1.54) is 24.3 Å². The molecule has 1 aromatic heterocycles. The molecule has 8 heteroatoms. The first-order chi connectivity index (χ1) is 9.51. The SMILES string of the molecule is CNc1ccc([N+](=O)[O-])c(Oc2ccc(Br)cc2F)n1. The average molecular weight is 342 g/mol. The van der Waals surface area contributed by atoms with E-state index in [2.05, 4.69) is 26.2 Å². The van der Waals surface area contributed by atoms with Gasteiger partial charge in [-0.3, -0.25) is 10.1 Å². The molecule has 0 saturated heterocycles. The van der Waals surface area contributed by atoms with Crippen molar-refractivity contribution in [3.63, 3.8) is 0 Å². The van der Waals surface area contributed by atoms with Crippen molar-refractivity contribution >= 4 is 27.4 Å². The first-order valence-corrected chi connectivity index (χ1v) is 6.26. The summed E-state index contributed by atoms with van der Waals surface area (Å²) in [6.45, 7) is 0. The Morgan fingerprint density at radius 1 is 1.40 bits per heavy atom. The fourth-order valence-corrected chi connectivity index (χ4v) is 1.78. The van der Waals surface area contributed by atoms with Crippen LogP contribution in [-0.4, -0.2) is 17.0 Å². The molecule has 0 unspecified atom stereocenters. The number of nitrogens with one attached hydrogen (secondary N) is 1. The summed E-state index contributed by atoms with van der Waals surface area (Å²) in [5.74, 6) is -0.687. The number of rotatable bonds is 4. The van der Waals surface area contributed by atoms with E-state index in [1.54, 1.807) is 13.1 Å². The minimum absolute atomic E-state index is 0.142. The predicted molar refractivity (Wildman–Crippen MR) is 74.6 cm³/mol. The van der Waals surface area contributed by atoms with Crippen LogP contribution < -0.4 is 10.1 Å². The van der Waals surface area contributed by atoms with Crippen LogP contribution in [0.5, 0.6) is 11.6 Å². The predicted octanol–water partition coefficient (Wildman–Crippen LogP) is 3.73. The summed E-state index contributed by atoms with van der Waals surface area (Å²) in [6.07, 6.45) is 0. The molecule has 0 aliphatic rings. The Morgan fingerprint density at radius 3 is 2.75 bits per heavy atom. The molecular formula is C12H9BrFN3O3. The van der Waals surface area contributed by atoms with Crippen molar-refractivity contribution in [1.82, 2.24) is 4.98 Å². The number of aromatic nitrogens is 1. The summed E-state index contributed by atoms with van der Waals surface area (Å²) < 4.78 is 19.4. The number of nitrogens with zero attached hydrogens (tertiary/aromatic N) is 2. The van der Waals surface area contributed by atoms with Gasteiger partial charge in [-0.05, 0) is 24.3 Å². The topological polar surface area (TPSA) is 77.3 Å². The van der Waals surface area contributed by atoms with E-state index in [0.717, 1.165) is 0 Å². The molecule has 2 aromatic rings. The van der Waals surface area contributed by atoms with Crippen LogP contribution in [-0.2, 0) is 0 Å². The first kappa shape index (κ1) is 14.2. The molecule has 0 bridgehead atoms. The number of hydrogen-bond acceptors (Lipinski definition) is 5. The highest BCUT2D eigenvalue weighted by Crippen LogP contribution is 2.32. The summed E-state index contributed by atoms with van der Waals surface area (Å²) in [5.41, 5.74) is -0.341. The van der Waals surface area contributed by atoms with Crippen LogP contribution in [0.25, 0.3) is 0 Å². The van der Waals surface area contributed by atoms with Crippen LogP contribution in [0.2, 0.25) is 0 Å². The number of halogens is 2. The van der Waals surface area contributed by atoms with E-state index in [0.29, 0.717) is 10.3 Å². The Labute approximate surface area is 121 Å². The number of hydrogen-bond donors (Lipinski definition) is 1. The van der Waals surface area contributed by atoms with E-state index < -0.39 is 10.7 Å². The molecule has 1 aromatic carbocycles. The van der Waals surface area contributed by atoms with Gasteiger partial charge in [0.1, 0.15) is 5.82 Å².